The maximum Gasteiger partial charge on any atom is 0.265 e. The van der Waals surface area contributed by atoms with Gasteiger partial charge in [-0.05, 0) is 49.4 Å². The van der Waals surface area contributed by atoms with Crippen molar-refractivity contribution in [3.05, 3.63) is 66.5 Å². The van der Waals surface area contributed by atoms with E-state index in [2.05, 4.69) is 16.2 Å². The van der Waals surface area contributed by atoms with Gasteiger partial charge in [-0.15, -0.1) is 0 Å². The smallest absolute Gasteiger partial charge is 0.265 e. The first kappa shape index (κ1) is 18.3. The zero-order valence-electron chi connectivity index (χ0n) is 15.4. The van der Waals surface area contributed by atoms with Crippen LogP contribution in [0.15, 0.2) is 65.6 Å². The number of sulfonamides is 1. The predicted octanol–water partition coefficient (Wildman–Crippen LogP) is 4.76. The highest BCUT2D eigenvalue weighted by atomic mass is 32.2. The Bertz CT molecular complexity index is 1300. The van der Waals surface area contributed by atoms with Crippen molar-refractivity contribution in [1.29, 1.82) is 0 Å². The van der Waals surface area contributed by atoms with Gasteiger partial charge in [-0.3, -0.25) is 4.72 Å². The number of aryl methyl sites for hydroxylation is 1. The molecule has 0 aliphatic rings. The van der Waals surface area contributed by atoms with E-state index in [1.165, 1.54) is 13.2 Å². The second-order valence-electron chi connectivity index (χ2n) is 6.39. The number of nitrogens with zero attached hydrogens (tertiary/aromatic N) is 1. The summed E-state index contributed by atoms with van der Waals surface area (Å²) in [6.07, 6.45) is 0. The van der Waals surface area contributed by atoms with Crippen molar-refractivity contribution in [2.75, 3.05) is 11.8 Å². The molecule has 0 aliphatic carbocycles. The van der Waals surface area contributed by atoms with Crippen LogP contribution < -0.4 is 9.46 Å². The fourth-order valence-electron chi connectivity index (χ4n) is 3.53. The average molecular weight is 398 g/mol. The molecule has 1 heterocycles. The zero-order chi connectivity index (χ0) is 19.9. The van der Waals surface area contributed by atoms with Gasteiger partial charge in [-0.1, -0.05) is 18.2 Å². The largest absolute Gasteiger partial charge is 0.495 e. The highest BCUT2D eigenvalue weighted by molar-refractivity contribution is 7.92. The van der Waals surface area contributed by atoms with Gasteiger partial charge in [0.15, 0.2) is 0 Å². The van der Waals surface area contributed by atoms with Gasteiger partial charge in [0.2, 0.25) is 0 Å². The monoisotopic (exact) mass is 398 g/mol. The Morgan fingerprint density at radius 3 is 2.50 bits per heavy atom. The lowest BCUT2D eigenvalue weighted by Gasteiger charge is -2.12. The first-order chi connectivity index (χ1) is 13.4. The van der Waals surface area contributed by atoms with Crippen molar-refractivity contribution in [2.45, 2.75) is 18.4 Å². The fraction of sp³-hybridized carbons (Fsp3) is 0.143. The molecule has 0 aliphatic heterocycles. The third-order valence-corrected chi connectivity index (χ3v) is 6.16. The second-order valence-corrected chi connectivity index (χ2v) is 8.04. The number of hydrogen-bond donors (Lipinski definition) is 1. The van der Waals surface area contributed by atoms with Crippen molar-refractivity contribution in [2.24, 2.45) is 0 Å². The van der Waals surface area contributed by atoms with Gasteiger partial charge in [0, 0.05) is 34.0 Å². The molecule has 0 unspecified atom stereocenters. The number of benzene rings is 3. The lowest BCUT2D eigenvalue weighted by molar-refractivity contribution is 0.401. The fourth-order valence-corrected chi connectivity index (χ4v) is 4.76. The van der Waals surface area contributed by atoms with Crippen LogP contribution in [0.2, 0.25) is 0 Å². The minimum Gasteiger partial charge on any atom is -0.495 e. The van der Waals surface area contributed by atoms with Gasteiger partial charge in [0.25, 0.3) is 10.0 Å². The van der Waals surface area contributed by atoms with Crippen LogP contribution in [0.1, 0.15) is 6.92 Å². The first-order valence-electron chi connectivity index (χ1n) is 8.82. The molecule has 7 heteroatoms. The Morgan fingerprint density at radius 2 is 1.75 bits per heavy atom. The Labute approximate surface area is 162 Å². The zero-order valence-corrected chi connectivity index (χ0v) is 16.3. The van der Waals surface area contributed by atoms with Crippen molar-refractivity contribution < 1.29 is 17.5 Å². The molecule has 144 valence electrons. The minimum atomic E-state index is -4.02. The molecule has 0 atom stereocenters. The number of anilines is 1. The molecule has 1 aromatic heterocycles. The van der Waals surface area contributed by atoms with E-state index in [1.54, 1.807) is 12.1 Å². The molecule has 0 fully saturated rings. The maximum atomic E-state index is 13.6. The molecule has 1 N–H and O–H groups in total. The first-order valence-corrected chi connectivity index (χ1v) is 10.3. The molecule has 28 heavy (non-hydrogen) atoms. The highest BCUT2D eigenvalue weighted by Gasteiger charge is 2.21. The molecule has 4 rings (SSSR count). The molecule has 0 saturated heterocycles. The van der Waals surface area contributed by atoms with Crippen molar-refractivity contribution in [1.82, 2.24) is 4.57 Å². The van der Waals surface area contributed by atoms with E-state index in [9.17, 15) is 12.8 Å². The van der Waals surface area contributed by atoms with E-state index in [0.29, 0.717) is 5.69 Å². The number of rotatable bonds is 5. The summed E-state index contributed by atoms with van der Waals surface area (Å²) >= 11 is 0. The Morgan fingerprint density at radius 1 is 1.00 bits per heavy atom. The van der Waals surface area contributed by atoms with Crippen LogP contribution in [-0.2, 0) is 16.6 Å². The van der Waals surface area contributed by atoms with Crippen LogP contribution in [0.3, 0.4) is 0 Å². The highest BCUT2D eigenvalue weighted by Crippen LogP contribution is 2.32. The van der Waals surface area contributed by atoms with Gasteiger partial charge in [-0.25, -0.2) is 12.8 Å². The van der Waals surface area contributed by atoms with Crippen LogP contribution in [0, 0.1) is 5.82 Å². The van der Waals surface area contributed by atoms with Crippen molar-refractivity contribution in [3.63, 3.8) is 0 Å². The molecule has 3 aromatic carbocycles. The summed E-state index contributed by atoms with van der Waals surface area (Å²) in [5.74, 6) is -0.569. The van der Waals surface area contributed by atoms with E-state index in [0.717, 1.165) is 40.5 Å². The topological polar surface area (TPSA) is 60.3 Å². The van der Waals surface area contributed by atoms with E-state index < -0.39 is 15.8 Å². The van der Waals surface area contributed by atoms with Crippen LogP contribution in [-0.4, -0.2) is 20.1 Å². The lowest BCUT2D eigenvalue weighted by Crippen LogP contribution is -2.14. The van der Waals surface area contributed by atoms with Crippen LogP contribution in [0.5, 0.6) is 5.75 Å². The molecule has 0 saturated carbocycles. The Kier molecular flexibility index (Phi) is 4.47. The maximum absolute atomic E-state index is 13.6. The van der Waals surface area contributed by atoms with Crippen LogP contribution >= 0.6 is 0 Å². The van der Waals surface area contributed by atoms with Gasteiger partial charge >= 0.3 is 0 Å². The molecular weight excluding hydrogens is 379 g/mol. The summed E-state index contributed by atoms with van der Waals surface area (Å²) in [6.45, 7) is 2.87. The number of fused-ring (bicyclic) bond motifs is 3. The van der Waals surface area contributed by atoms with Crippen LogP contribution in [0.25, 0.3) is 21.8 Å². The molecule has 5 nitrogen and oxygen atoms in total. The molecular formula is C21H19FN2O3S. The average Bonchev–Trinajstić information content (AvgIpc) is 3.00. The van der Waals surface area contributed by atoms with E-state index in [1.807, 2.05) is 30.3 Å². The molecule has 4 aromatic rings. The van der Waals surface area contributed by atoms with Crippen molar-refractivity contribution >= 4 is 37.5 Å². The van der Waals surface area contributed by atoms with Gasteiger partial charge < -0.3 is 9.30 Å². The molecule has 0 spiro atoms. The summed E-state index contributed by atoms with van der Waals surface area (Å²) in [6, 6.07) is 16.8. The number of nitrogens with one attached hydrogen (secondary N) is 1. The van der Waals surface area contributed by atoms with Crippen LogP contribution in [0.4, 0.5) is 10.1 Å². The third-order valence-electron chi connectivity index (χ3n) is 4.76. The van der Waals surface area contributed by atoms with E-state index in [-0.39, 0.29) is 10.6 Å². The number of aromatic nitrogens is 1. The molecule has 0 radical (unpaired) electrons. The summed E-state index contributed by atoms with van der Waals surface area (Å²) in [5.41, 5.74) is 2.51. The standard InChI is InChI=1S/C21H19FN2O3S/c1-3-24-18-7-5-4-6-16(18)17-13-15(9-10-19(17)24)23-28(25,26)21-12-14(22)8-11-20(21)27-2/h4-13,23H,3H2,1-2H3. The molecule has 0 amide bonds. The SMILES string of the molecule is CCn1c2ccccc2c2cc(NS(=O)(=O)c3cc(F)ccc3OC)ccc21. The number of ether oxygens (including phenoxy) is 1. The predicted molar refractivity (Wildman–Crippen MR) is 109 cm³/mol. The number of para-hydroxylation sites is 1. The van der Waals surface area contributed by atoms with E-state index >= 15 is 0 Å². The van der Waals surface area contributed by atoms with Gasteiger partial charge in [0.05, 0.1) is 7.11 Å². The number of methoxy groups -OCH3 is 1. The normalized spacial score (nSPS) is 11.8. The molecule has 0 bridgehead atoms. The Balaban J connectivity index is 1.82. The van der Waals surface area contributed by atoms with E-state index in [4.69, 9.17) is 4.74 Å². The summed E-state index contributed by atoms with van der Waals surface area (Å²) < 4.78 is 49.1. The number of halogens is 1. The van der Waals surface area contributed by atoms with Gasteiger partial charge in [-0.2, -0.15) is 0 Å². The number of hydrogen-bond acceptors (Lipinski definition) is 3. The summed E-state index contributed by atoms with van der Waals surface area (Å²) in [7, 11) is -2.68. The van der Waals surface area contributed by atoms with Gasteiger partial charge in [0.1, 0.15) is 16.5 Å². The quantitative estimate of drug-likeness (QED) is 0.527. The second kappa shape index (κ2) is 6.83. The third kappa shape index (κ3) is 2.97. The summed E-state index contributed by atoms with van der Waals surface area (Å²) in [5, 5.41) is 1.99. The Hall–Kier alpha value is -3.06. The lowest BCUT2D eigenvalue weighted by atomic mass is 10.1. The minimum absolute atomic E-state index is 0.0811. The summed E-state index contributed by atoms with van der Waals surface area (Å²) in [4.78, 5) is -0.244. The van der Waals surface area contributed by atoms with Crippen molar-refractivity contribution in [3.8, 4) is 5.75 Å².